The van der Waals surface area contributed by atoms with E-state index in [0.717, 1.165) is 11.7 Å². The monoisotopic (exact) mass is 251 g/mol. The van der Waals surface area contributed by atoms with Gasteiger partial charge in [0.05, 0.1) is 0 Å². The maximum atomic E-state index is 12.4. The van der Waals surface area contributed by atoms with Crippen LogP contribution in [0.2, 0.25) is 0 Å². The number of halogens is 3. The molecule has 96 valence electrons. The molecule has 0 fully saturated rings. The fraction of sp³-hybridized carbons (Fsp3) is 0.667. The van der Waals surface area contributed by atoms with Gasteiger partial charge in [0.2, 0.25) is 5.82 Å². The topological polar surface area (TPSA) is 56.9 Å². The van der Waals surface area contributed by atoms with Gasteiger partial charge in [0.1, 0.15) is 5.78 Å². The molecule has 0 aliphatic rings. The third-order valence-corrected chi connectivity index (χ3v) is 2.19. The minimum absolute atomic E-state index is 0.00231. The van der Waals surface area contributed by atoms with Gasteiger partial charge < -0.3 is 4.79 Å². The minimum Gasteiger partial charge on any atom is -0.300 e. The molecule has 0 aromatic carbocycles. The standard InChI is InChI=1S/C9H12F3N3O2/c1-6(16)4-3-5-15-8(17)14(2)7(13-15)9(10,11)12/h3-5H2,1-2H3. The third kappa shape index (κ3) is 3.18. The van der Waals surface area contributed by atoms with E-state index in [4.69, 9.17) is 0 Å². The average molecular weight is 251 g/mol. The van der Waals surface area contributed by atoms with E-state index >= 15 is 0 Å². The van der Waals surface area contributed by atoms with Crippen LogP contribution >= 0.6 is 0 Å². The lowest BCUT2D eigenvalue weighted by Gasteiger charge is -2.02. The van der Waals surface area contributed by atoms with Crippen LogP contribution < -0.4 is 5.69 Å². The Morgan fingerprint density at radius 3 is 2.41 bits per heavy atom. The van der Waals surface area contributed by atoms with Crippen LogP contribution in [0, 0.1) is 0 Å². The lowest BCUT2D eigenvalue weighted by atomic mass is 10.2. The van der Waals surface area contributed by atoms with Crippen molar-refractivity contribution in [2.75, 3.05) is 0 Å². The summed E-state index contributed by atoms with van der Waals surface area (Å²) in [6.45, 7) is 1.38. The summed E-state index contributed by atoms with van der Waals surface area (Å²) in [6, 6.07) is 0. The van der Waals surface area contributed by atoms with Crippen LogP contribution in [-0.4, -0.2) is 20.1 Å². The summed E-state index contributed by atoms with van der Waals surface area (Å²) >= 11 is 0. The Morgan fingerprint density at radius 1 is 1.41 bits per heavy atom. The number of ketones is 1. The Kier molecular flexibility index (Phi) is 3.74. The molecule has 17 heavy (non-hydrogen) atoms. The number of alkyl halides is 3. The van der Waals surface area contributed by atoms with Crippen LogP contribution in [0.1, 0.15) is 25.6 Å². The zero-order chi connectivity index (χ0) is 13.2. The quantitative estimate of drug-likeness (QED) is 0.801. The fourth-order valence-electron chi connectivity index (χ4n) is 1.36. The highest BCUT2D eigenvalue weighted by molar-refractivity contribution is 5.75. The second kappa shape index (κ2) is 4.72. The number of nitrogens with zero attached hydrogens (tertiary/aromatic N) is 3. The molecule has 5 nitrogen and oxygen atoms in total. The number of carbonyl (C=O) groups is 1. The van der Waals surface area contributed by atoms with Gasteiger partial charge in [0, 0.05) is 20.0 Å². The van der Waals surface area contributed by atoms with Gasteiger partial charge in [-0.3, -0.25) is 4.57 Å². The fourth-order valence-corrected chi connectivity index (χ4v) is 1.36. The Hall–Kier alpha value is -1.60. The minimum atomic E-state index is -4.65. The van der Waals surface area contributed by atoms with Crippen LogP contribution in [0.15, 0.2) is 4.79 Å². The number of rotatable bonds is 4. The van der Waals surface area contributed by atoms with Crippen molar-refractivity contribution < 1.29 is 18.0 Å². The first-order chi connectivity index (χ1) is 7.73. The molecule has 0 saturated heterocycles. The summed E-state index contributed by atoms with van der Waals surface area (Å²) in [4.78, 5) is 22.0. The number of hydrogen-bond donors (Lipinski definition) is 0. The predicted octanol–water partition coefficient (Wildman–Crippen LogP) is 0.970. The van der Waals surface area contributed by atoms with Gasteiger partial charge in [-0.05, 0) is 13.3 Å². The lowest BCUT2D eigenvalue weighted by molar-refractivity contribution is -0.147. The number of aromatic nitrogens is 3. The number of aryl methyl sites for hydroxylation is 1. The number of Topliss-reactive ketones (excluding diaryl/α,β-unsaturated/α-hetero) is 1. The van der Waals surface area contributed by atoms with Gasteiger partial charge in [-0.15, -0.1) is 5.10 Å². The van der Waals surface area contributed by atoms with E-state index in [1.165, 1.54) is 6.92 Å². The number of carbonyl (C=O) groups excluding carboxylic acids is 1. The molecule has 0 aliphatic heterocycles. The van der Waals surface area contributed by atoms with Crippen molar-refractivity contribution in [3.05, 3.63) is 16.3 Å². The van der Waals surface area contributed by atoms with Crippen LogP contribution in [-0.2, 0) is 24.6 Å². The summed E-state index contributed by atoms with van der Waals surface area (Å²) in [7, 11) is 1.01. The van der Waals surface area contributed by atoms with E-state index < -0.39 is 17.7 Å². The zero-order valence-corrected chi connectivity index (χ0v) is 9.41. The molecule has 8 heteroatoms. The van der Waals surface area contributed by atoms with Gasteiger partial charge in [-0.2, -0.15) is 13.2 Å². The van der Waals surface area contributed by atoms with Crippen molar-refractivity contribution in [3.63, 3.8) is 0 Å². The highest BCUT2D eigenvalue weighted by Crippen LogP contribution is 2.25. The molecule has 0 radical (unpaired) electrons. The Labute approximate surface area is 94.8 Å². The average Bonchev–Trinajstić information content (AvgIpc) is 2.44. The molecular formula is C9H12F3N3O2. The first kappa shape index (κ1) is 13.5. The normalized spacial score (nSPS) is 11.8. The second-order valence-electron chi connectivity index (χ2n) is 3.69. The lowest BCUT2D eigenvalue weighted by Crippen LogP contribution is -2.24. The molecule has 0 spiro atoms. The van der Waals surface area contributed by atoms with Gasteiger partial charge in [0.25, 0.3) is 0 Å². The summed E-state index contributed by atoms with van der Waals surface area (Å²) < 4.78 is 38.4. The van der Waals surface area contributed by atoms with Crippen molar-refractivity contribution in [2.24, 2.45) is 7.05 Å². The molecule has 1 rings (SSSR count). The second-order valence-corrected chi connectivity index (χ2v) is 3.69. The molecule has 1 aromatic rings. The Bertz CT molecular complexity index is 473. The first-order valence-corrected chi connectivity index (χ1v) is 4.94. The number of hydrogen-bond acceptors (Lipinski definition) is 3. The highest BCUT2D eigenvalue weighted by Gasteiger charge is 2.37. The Balaban J connectivity index is 2.89. The largest absolute Gasteiger partial charge is 0.451 e. The Morgan fingerprint density at radius 2 is 2.00 bits per heavy atom. The molecular weight excluding hydrogens is 239 g/mol. The van der Waals surface area contributed by atoms with E-state index in [1.54, 1.807) is 0 Å². The van der Waals surface area contributed by atoms with E-state index in [0.29, 0.717) is 11.0 Å². The molecule has 0 bridgehead atoms. The molecule has 1 heterocycles. The maximum absolute atomic E-state index is 12.4. The molecule has 0 N–H and O–H groups in total. The molecule has 0 atom stereocenters. The first-order valence-electron chi connectivity index (χ1n) is 4.94. The van der Waals surface area contributed by atoms with Crippen molar-refractivity contribution in [3.8, 4) is 0 Å². The summed E-state index contributed by atoms with van der Waals surface area (Å²) in [5, 5.41) is 3.21. The van der Waals surface area contributed by atoms with Gasteiger partial charge in [0.15, 0.2) is 0 Å². The molecule has 0 unspecified atom stereocenters. The van der Waals surface area contributed by atoms with E-state index in [2.05, 4.69) is 5.10 Å². The van der Waals surface area contributed by atoms with E-state index in [9.17, 15) is 22.8 Å². The van der Waals surface area contributed by atoms with Crippen LogP contribution in [0.3, 0.4) is 0 Å². The molecule has 0 aliphatic carbocycles. The van der Waals surface area contributed by atoms with Crippen molar-refractivity contribution in [1.29, 1.82) is 0 Å². The van der Waals surface area contributed by atoms with Crippen LogP contribution in [0.25, 0.3) is 0 Å². The highest BCUT2D eigenvalue weighted by atomic mass is 19.4. The van der Waals surface area contributed by atoms with Crippen molar-refractivity contribution in [2.45, 2.75) is 32.5 Å². The molecule has 1 aromatic heterocycles. The van der Waals surface area contributed by atoms with E-state index in [-0.39, 0.29) is 18.7 Å². The zero-order valence-electron chi connectivity index (χ0n) is 9.41. The summed E-state index contributed by atoms with van der Waals surface area (Å²) in [5.41, 5.74) is -0.833. The molecule has 0 amide bonds. The van der Waals surface area contributed by atoms with Crippen LogP contribution in [0.4, 0.5) is 13.2 Å². The molecule has 0 saturated carbocycles. The summed E-state index contributed by atoms with van der Waals surface area (Å²) in [6.07, 6.45) is -4.15. The van der Waals surface area contributed by atoms with Crippen molar-refractivity contribution >= 4 is 5.78 Å². The van der Waals surface area contributed by atoms with Gasteiger partial charge in [-0.25, -0.2) is 9.48 Å². The van der Waals surface area contributed by atoms with Gasteiger partial charge >= 0.3 is 11.9 Å². The maximum Gasteiger partial charge on any atom is 0.451 e. The van der Waals surface area contributed by atoms with Crippen molar-refractivity contribution in [1.82, 2.24) is 14.3 Å². The predicted molar refractivity (Wildman–Crippen MR) is 52.4 cm³/mol. The van der Waals surface area contributed by atoms with Crippen LogP contribution in [0.5, 0.6) is 0 Å². The van der Waals surface area contributed by atoms with E-state index in [1.807, 2.05) is 0 Å². The smallest absolute Gasteiger partial charge is 0.300 e. The summed E-state index contributed by atoms with van der Waals surface area (Å²) in [5.74, 6) is -1.31. The van der Waals surface area contributed by atoms with Gasteiger partial charge in [-0.1, -0.05) is 0 Å². The SMILES string of the molecule is CC(=O)CCCn1nc(C(F)(F)F)n(C)c1=O. The third-order valence-electron chi connectivity index (χ3n) is 2.19.